The molecule has 0 radical (unpaired) electrons. The van der Waals surface area contributed by atoms with Crippen molar-refractivity contribution in [2.75, 3.05) is 0 Å². The maximum Gasteiger partial charge on any atom is 0.256 e. The van der Waals surface area contributed by atoms with Crippen molar-refractivity contribution in [2.24, 2.45) is 0 Å². The third-order valence-electron chi connectivity index (χ3n) is 5.60. The lowest BCUT2D eigenvalue weighted by Gasteiger charge is -2.06. The highest BCUT2D eigenvalue weighted by molar-refractivity contribution is 4.84. The van der Waals surface area contributed by atoms with Gasteiger partial charge in [-0.25, -0.2) is 9.13 Å². The van der Waals surface area contributed by atoms with Crippen molar-refractivity contribution in [1.82, 2.24) is 4.57 Å². The fourth-order valence-electron chi connectivity index (χ4n) is 3.85. The number of aryl methyl sites for hydroxylation is 2. The Balaban J connectivity index is 2.43. The van der Waals surface area contributed by atoms with Gasteiger partial charge in [0.1, 0.15) is 12.4 Å². The van der Waals surface area contributed by atoms with Crippen LogP contribution in [0.2, 0.25) is 0 Å². The van der Waals surface area contributed by atoms with Crippen molar-refractivity contribution in [3.63, 3.8) is 0 Å². The molecule has 2 heteroatoms. The van der Waals surface area contributed by atoms with Crippen molar-refractivity contribution in [1.29, 1.82) is 0 Å². The van der Waals surface area contributed by atoms with E-state index in [9.17, 15) is 0 Å². The smallest absolute Gasteiger partial charge is 0.234 e. The normalized spacial score (nSPS) is 11.3. The number of nitrogens with zero attached hydrogens (tertiary/aromatic N) is 2. The third-order valence-corrected chi connectivity index (χ3v) is 5.60. The molecule has 0 bridgehead atoms. The van der Waals surface area contributed by atoms with Crippen LogP contribution >= 0.6 is 0 Å². The largest absolute Gasteiger partial charge is 0.256 e. The Morgan fingerprint density at radius 1 is 0.654 bits per heavy atom. The third kappa shape index (κ3) is 10.4. The first kappa shape index (κ1) is 23.2. The van der Waals surface area contributed by atoms with Gasteiger partial charge in [-0.05, 0) is 32.1 Å². The molecular weight excluding hydrogens is 316 g/mol. The quantitative estimate of drug-likeness (QED) is 0.192. The second-order valence-corrected chi connectivity index (χ2v) is 8.09. The number of hydrogen-bond acceptors (Lipinski definition) is 0. The van der Waals surface area contributed by atoms with Gasteiger partial charge in [0.25, 0.3) is 5.82 Å². The maximum atomic E-state index is 2.56. The minimum atomic E-state index is 1.21. The Morgan fingerprint density at radius 2 is 1.19 bits per heavy atom. The summed E-state index contributed by atoms with van der Waals surface area (Å²) in [6, 6.07) is 0. The SMILES string of the molecule is CCCCCCCCCc1n(CCCCCCC)cc[n+]1CCCCC. The molecule has 0 unspecified atom stereocenters. The lowest BCUT2D eigenvalue weighted by molar-refractivity contribution is -0.704. The van der Waals surface area contributed by atoms with Crippen LogP contribution < -0.4 is 4.57 Å². The van der Waals surface area contributed by atoms with E-state index >= 15 is 0 Å². The van der Waals surface area contributed by atoms with E-state index in [1.807, 2.05) is 0 Å². The summed E-state index contributed by atoms with van der Waals surface area (Å²) in [5.74, 6) is 1.59. The summed E-state index contributed by atoms with van der Waals surface area (Å²) in [7, 11) is 0. The molecule has 0 aromatic carbocycles. The van der Waals surface area contributed by atoms with Gasteiger partial charge in [-0.3, -0.25) is 0 Å². The van der Waals surface area contributed by atoms with Gasteiger partial charge in [-0.15, -0.1) is 0 Å². The van der Waals surface area contributed by atoms with Crippen molar-refractivity contribution >= 4 is 0 Å². The Hall–Kier alpha value is -0.790. The highest BCUT2D eigenvalue weighted by Crippen LogP contribution is 2.11. The average Bonchev–Trinajstić information content (AvgIpc) is 3.03. The van der Waals surface area contributed by atoms with Crippen LogP contribution in [0.5, 0.6) is 0 Å². The van der Waals surface area contributed by atoms with Crippen LogP contribution in [0.15, 0.2) is 12.4 Å². The molecule has 26 heavy (non-hydrogen) atoms. The van der Waals surface area contributed by atoms with Crippen LogP contribution in [0.25, 0.3) is 0 Å². The number of unbranched alkanes of at least 4 members (excludes halogenated alkanes) is 12. The molecule has 0 saturated carbocycles. The van der Waals surface area contributed by atoms with Crippen LogP contribution in [0.3, 0.4) is 0 Å². The van der Waals surface area contributed by atoms with Crippen LogP contribution in [-0.2, 0) is 19.5 Å². The van der Waals surface area contributed by atoms with E-state index in [0.29, 0.717) is 0 Å². The van der Waals surface area contributed by atoms with E-state index in [2.05, 4.69) is 42.3 Å². The topological polar surface area (TPSA) is 8.81 Å². The second kappa shape index (κ2) is 16.4. The molecule has 0 saturated heterocycles. The molecule has 0 N–H and O–H groups in total. The molecule has 1 rings (SSSR count). The Kier molecular flexibility index (Phi) is 14.7. The molecule has 2 nitrogen and oxygen atoms in total. The van der Waals surface area contributed by atoms with E-state index in [1.54, 1.807) is 5.82 Å². The van der Waals surface area contributed by atoms with E-state index in [-0.39, 0.29) is 0 Å². The molecule has 0 aliphatic heterocycles. The Labute approximate surface area is 164 Å². The zero-order chi connectivity index (χ0) is 18.9. The zero-order valence-electron chi connectivity index (χ0n) is 18.3. The lowest BCUT2D eigenvalue weighted by atomic mass is 10.1. The molecule has 1 aromatic rings. The predicted octanol–water partition coefficient (Wildman–Crippen LogP) is 7.23. The first-order valence-corrected chi connectivity index (χ1v) is 11.9. The van der Waals surface area contributed by atoms with Crippen LogP contribution in [0.4, 0.5) is 0 Å². The summed E-state index contributed by atoms with van der Waals surface area (Å²) in [5, 5.41) is 0. The van der Waals surface area contributed by atoms with E-state index < -0.39 is 0 Å². The van der Waals surface area contributed by atoms with Crippen molar-refractivity contribution in [2.45, 2.75) is 137 Å². The average molecular weight is 364 g/mol. The lowest BCUT2D eigenvalue weighted by Crippen LogP contribution is -2.37. The summed E-state index contributed by atoms with van der Waals surface area (Å²) in [6.07, 6.45) is 26.6. The molecule has 0 spiro atoms. The Bertz CT molecular complexity index is 422. The highest BCUT2D eigenvalue weighted by atomic mass is 15.1. The van der Waals surface area contributed by atoms with Crippen molar-refractivity contribution in [3.05, 3.63) is 18.2 Å². The van der Waals surface area contributed by atoms with Gasteiger partial charge >= 0.3 is 0 Å². The number of hydrogen-bond donors (Lipinski definition) is 0. The fraction of sp³-hybridized carbons (Fsp3) is 0.875. The summed E-state index contributed by atoms with van der Waals surface area (Å²) >= 11 is 0. The van der Waals surface area contributed by atoms with Gasteiger partial charge in [0, 0.05) is 6.42 Å². The molecule has 0 aliphatic rings. The molecule has 0 atom stereocenters. The van der Waals surface area contributed by atoms with Crippen LogP contribution in [0.1, 0.15) is 123 Å². The van der Waals surface area contributed by atoms with Crippen LogP contribution in [-0.4, -0.2) is 4.57 Å². The summed E-state index contributed by atoms with van der Waals surface area (Å²) in [5.41, 5.74) is 0. The predicted molar refractivity (Wildman–Crippen MR) is 115 cm³/mol. The fourth-order valence-corrected chi connectivity index (χ4v) is 3.85. The van der Waals surface area contributed by atoms with E-state index in [1.165, 1.54) is 116 Å². The molecule has 0 amide bonds. The van der Waals surface area contributed by atoms with Gasteiger partial charge in [0.05, 0.1) is 13.1 Å². The monoisotopic (exact) mass is 363 g/mol. The Morgan fingerprint density at radius 3 is 1.85 bits per heavy atom. The van der Waals surface area contributed by atoms with Gasteiger partial charge in [-0.2, -0.15) is 0 Å². The second-order valence-electron chi connectivity index (χ2n) is 8.09. The van der Waals surface area contributed by atoms with Gasteiger partial charge < -0.3 is 0 Å². The number of imidazole rings is 1. The molecule has 0 fully saturated rings. The van der Waals surface area contributed by atoms with Crippen LogP contribution in [0, 0.1) is 0 Å². The molecule has 1 heterocycles. The minimum absolute atomic E-state index is 1.21. The molecular formula is C24H47N2+. The molecule has 1 aromatic heterocycles. The standard InChI is InChI=1S/C24H47N2/c1-4-7-10-12-13-14-16-19-24-25(20-17-9-6-3)22-23-26(24)21-18-15-11-8-5-2/h22-23H,4-21H2,1-3H3/q+1. The highest BCUT2D eigenvalue weighted by Gasteiger charge is 2.16. The van der Waals surface area contributed by atoms with Gasteiger partial charge in [0.15, 0.2) is 0 Å². The minimum Gasteiger partial charge on any atom is -0.234 e. The zero-order valence-corrected chi connectivity index (χ0v) is 18.3. The first-order valence-electron chi connectivity index (χ1n) is 11.9. The molecule has 152 valence electrons. The van der Waals surface area contributed by atoms with E-state index in [4.69, 9.17) is 0 Å². The van der Waals surface area contributed by atoms with Gasteiger partial charge in [-0.1, -0.05) is 85.0 Å². The van der Waals surface area contributed by atoms with Crippen molar-refractivity contribution in [3.8, 4) is 0 Å². The maximum absolute atomic E-state index is 2.56. The summed E-state index contributed by atoms with van der Waals surface area (Å²) < 4.78 is 5.12. The first-order chi connectivity index (χ1) is 12.8. The molecule has 0 aliphatic carbocycles. The number of aromatic nitrogens is 2. The van der Waals surface area contributed by atoms with Crippen molar-refractivity contribution < 1.29 is 4.57 Å². The summed E-state index contributed by atoms with van der Waals surface area (Å²) in [4.78, 5) is 0. The summed E-state index contributed by atoms with van der Waals surface area (Å²) in [6.45, 7) is 9.32. The van der Waals surface area contributed by atoms with E-state index in [0.717, 1.165) is 0 Å². The number of rotatable bonds is 18. The van der Waals surface area contributed by atoms with Gasteiger partial charge in [0.2, 0.25) is 0 Å².